The number of rotatable bonds is 5. The van der Waals surface area contributed by atoms with Crippen molar-refractivity contribution in [1.29, 1.82) is 0 Å². The van der Waals surface area contributed by atoms with Crippen LogP contribution in [0.5, 0.6) is 5.75 Å². The van der Waals surface area contributed by atoms with Crippen molar-refractivity contribution in [2.75, 3.05) is 0 Å². The van der Waals surface area contributed by atoms with Gasteiger partial charge in [-0.2, -0.15) is 8.78 Å². The van der Waals surface area contributed by atoms with Crippen LogP contribution in [0.3, 0.4) is 0 Å². The monoisotopic (exact) mass is 301 g/mol. The van der Waals surface area contributed by atoms with Gasteiger partial charge in [0.15, 0.2) is 0 Å². The van der Waals surface area contributed by atoms with Crippen molar-refractivity contribution < 1.29 is 27.8 Å². The first-order valence-corrected chi connectivity index (χ1v) is 6.21. The Morgan fingerprint density at radius 3 is 2.52 bits per heavy atom. The van der Waals surface area contributed by atoms with Crippen LogP contribution in [0.25, 0.3) is 0 Å². The summed E-state index contributed by atoms with van der Waals surface area (Å²) < 4.78 is 33.6. The zero-order chi connectivity index (χ0) is 16.0. The molecule has 116 valence electrons. The molecule has 0 aliphatic rings. The number of amides is 1. The predicted octanol–water partition coefficient (Wildman–Crippen LogP) is 3.05. The number of aldehydes is 1. The maximum atomic E-state index is 12.1. The first kappa shape index (κ1) is 16.9. The van der Waals surface area contributed by atoms with Gasteiger partial charge < -0.3 is 19.6 Å². The molecule has 21 heavy (non-hydrogen) atoms. The second-order valence-electron chi connectivity index (χ2n) is 5.21. The van der Waals surface area contributed by atoms with Crippen LogP contribution in [0.2, 0.25) is 0 Å². The summed E-state index contributed by atoms with van der Waals surface area (Å²) in [5.41, 5.74) is -0.396. The van der Waals surface area contributed by atoms with E-state index in [0.717, 1.165) is 0 Å². The number of benzene rings is 1. The minimum absolute atomic E-state index is 0.0969. The third-order valence-electron chi connectivity index (χ3n) is 2.25. The van der Waals surface area contributed by atoms with Crippen LogP contribution in [0.15, 0.2) is 24.3 Å². The van der Waals surface area contributed by atoms with Crippen LogP contribution < -0.4 is 10.1 Å². The highest BCUT2D eigenvalue weighted by molar-refractivity contribution is 5.74. The van der Waals surface area contributed by atoms with E-state index in [9.17, 15) is 18.4 Å². The Hall–Kier alpha value is -2.18. The minimum Gasteiger partial charge on any atom is -0.444 e. The lowest BCUT2D eigenvalue weighted by Gasteiger charge is -2.21. The highest BCUT2D eigenvalue weighted by Gasteiger charge is 2.20. The van der Waals surface area contributed by atoms with Crippen molar-refractivity contribution in [3.8, 4) is 5.75 Å². The fraction of sp³-hybridized carbons (Fsp3) is 0.429. The van der Waals surface area contributed by atoms with E-state index >= 15 is 0 Å². The van der Waals surface area contributed by atoms with Gasteiger partial charge in [-0.1, -0.05) is 12.1 Å². The van der Waals surface area contributed by atoms with Gasteiger partial charge in [-0.25, -0.2) is 4.79 Å². The van der Waals surface area contributed by atoms with Crippen LogP contribution >= 0.6 is 0 Å². The highest BCUT2D eigenvalue weighted by atomic mass is 19.3. The Labute approximate surface area is 121 Å². The molecule has 1 atom stereocenters. The lowest BCUT2D eigenvalue weighted by atomic mass is 10.1. The number of halogens is 2. The number of nitrogens with one attached hydrogen (secondary N) is 1. The lowest BCUT2D eigenvalue weighted by Crippen LogP contribution is -2.35. The molecule has 7 heteroatoms. The van der Waals surface area contributed by atoms with Gasteiger partial charge in [0, 0.05) is 0 Å². The van der Waals surface area contributed by atoms with Gasteiger partial charge in [0.1, 0.15) is 23.7 Å². The smallest absolute Gasteiger partial charge is 0.408 e. The molecule has 1 aromatic carbocycles. The van der Waals surface area contributed by atoms with E-state index in [-0.39, 0.29) is 5.75 Å². The Morgan fingerprint density at radius 2 is 2.00 bits per heavy atom. The molecule has 0 saturated carbocycles. The average Bonchev–Trinajstić information content (AvgIpc) is 2.33. The number of hydrogen-bond donors (Lipinski definition) is 1. The predicted molar refractivity (Wildman–Crippen MR) is 71.2 cm³/mol. The molecule has 5 nitrogen and oxygen atoms in total. The molecule has 1 aromatic rings. The summed E-state index contributed by atoms with van der Waals surface area (Å²) in [6, 6.07) is 4.52. The van der Waals surface area contributed by atoms with Gasteiger partial charge in [0.25, 0.3) is 0 Å². The summed E-state index contributed by atoms with van der Waals surface area (Å²) >= 11 is 0. The second-order valence-corrected chi connectivity index (χ2v) is 5.21. The number of carbonyl (C=O) groups excluding carboxylic acids is 2. The highest BCUT2D eigenvalue weighted by Crippen LogP contribution is 2.20. The van der Waals surface area contributed by atoms with Gasteiger partial charge in [0.2, 0.25) is 0 Å². The summed E-state index contributed by atoms with van der Waals surface area (Å²) in [7, 11) is 0. The summed E-state index contributed by atoms with van der Waals surface area (Å²) in [5, 5.41) is 2.35. The molecule has 0 bridgehead atoms. The molecular formula is C14H17F2NO4. The number of alkyl halides is 2. The van der Waals surface area contributed by atoms with Gasteiger partial charge in [-0.3, -0.25) is 0 Å². The van der Waals surface area contributed by atoms with Crippen LogP contribution in [0.4, 0.5) is 13.6 Å². The van der Waals surface area contributed by atoms with Gasteiger partial charge in [-0.15, -0.1) is 0 Å². The molecule has 0 aromatic heterocycles. The van der Waals surface area contributed by atoms with Gasteiger partial charge in [0.05, 0.1) is 0 Å². The number of alkyl carbamates (subject to hydrolysis) is 1. The summed E-state index contributed by atoms with van der Waals surface area (Å²) in [6.07, 6.45) is -0.300. The summed E-state index contributed by atoms with van der Waals surface area (Å²) in [5.74, 6) is -0.0969. The van der Waals surface area contributed by atoms with E-state index in [1.54, 1.807) is 20.8 Å². The normalized spacial score (nSPS) is 12.7. The zero-order valence-corrected chi connectivity index (χ0v) is 11.9. The molecule has 0 aliphatic heterocycles. The molecule has 0 aliphatic carbocycles. The van der Waals surface area contributed by atoms with Gasteiger partial charge in [-0.05, 0) is 38.5 Å². The third-order valence-corrected chi connectivity index (χ3v) is 2.25. The van der Waals surface area contributed by atoms with Crippen LogP contribution in [-0.2, 0) is 9.53 Å². The first-order valence-electron chi connectivity index (χ1n) is 6.21. The number of ether oxygens (including phenoxy) is 2. The van der Waals surface area contributed by atoms with Crippen LogP contribution in [-0.4, -0.2) is 24.6 Å². The molecule has 0 fully saturated rings. The van der Waals surface area contributed by atoms with Crippen molar-refractivity contribution in [1.82, 2.24) is 5.32 Å². The maximum absolute atomic E-state index is 12.1. The van der Waals surface area contributed by atoms with Crippen molar-refractivity contribution in [2.45, 2.75) is 39.0 Å². The topological polar surface area (TPSA) is 64.6 Å². The quantitative estimate of drug-likeness (QED) is 0.849. The van der Waals surface area contributed by atoms with Crippen LogP contribution in [0.1, 0.15) is 32.4 Å². The molecule has 0 radical (unpaired) electrons. The first-order chi connectivity index (χ1) is 9.71. The third kappa shape index (κ3) is 6.20. The fourth-order valence-electron chi connectivity index (χ4n) is 1.51. The SMILES string of the molecule is CC(C)(C)OC(=O)NC(C=O)c1cccc(OC(F)F)c1. The van der Waals surface area contributed by atoms with Crippen molar-refractivity contribution in [3.05, 3.63) is 29.8 Å². The molecule has 1 rings (SSSR count). The van der Waals surface area contributed by atoms with E-state index in [1.165, 1.54) is 24.3 Å². The maximum Gasteiger partial charge on any atom is 0.408 e. The van der Waals surface area contributed by atoms with E-state index < -0.39 is 24.3 Å². The van der Waals surface area contributed by atoms with Crippen LogP contribution in [0, 0.1) is 0 Å². The summed E-state index contributed by atoms with van der Waals surface area (Å²) in [6.45, 7) is 2.08. The van der Waals surface area contributed by atoms with Crippen molar-refractivity contribution >= 4 is 12.4 Å². The van der Waals surface area contributed by atoms with E-state index in [1.807, 2.05) is 0 Å². The van der Waals surface area contributed by atoms with Crippen molar-refractivity contribution in [2.24, 2.45) is 0 Å². The minimum atomic E-state index is -2.96. The van der Waals surface area contributed by atoms with E-state index in [4.69, 9.17) is 4.74 Å². The Kier molecular flexibility index (Phi) is 5.63. The molecule has 0 heterocycles. The number of carbonyl (C=O) groups is 2. The second kappa shape index (κ2) is 7.01. The van der Waals surface area contributed by atoms with Gasteiger partial charge >= 0.3 is 12.7 Å². The Balaban J connectivity index is 2.80. The molecule has 0 spiro atoms. The molecule has 1 unspecified atom stereocenters. The fourth-order valence-corrected chi connectivity index (χ4v) is 1.51. The molecule has 1 amide bonds. The largest absolute Gasteiger partial charge is 0.444 e. The molecule has 1 N–H and O–H groups in total. The lowest BCUT2D eigenvalue weighted by molar-refractivity contribution is -0.109. The Morgan fingerprint density at radius 1 is 1.33 bits per heavy atom. The average molecular weight is 301 g/mol. The molecular weight excluding hydrogens is 284 g/mol. The van der Waals surface area contributed by atoms with E-state index in [0.29, 0.717) is 11.8 Å². The number of hydrogen-bond acceptors (Lipinski definition) is 4. The Bertz CT molecular complexity index is 500. The molecule has 0 saturated heterocycles. The standard InChI is InChI=1S/C14H17F2NO4/c1-14(2,3)21-13(19)17-11(8-18)9-5-4-6-10(7-9)20-12(15)16/h4-8,11-12H,1-3H3,(H,17,19). The van der Waals surface area contributed by atoms with E-state index in [2.05, 4.69) is 10.1 Å². The summed E-state index contributed by atoms with van der Waals surface area (Å²) in [4.78, 5) is 22.7. The van der Waals surface area contributed by atoms with Crippen molar-refractivity contribution in [3.63, 3.8) is 0 Å². The zero-order valence-electron chi connectivity index (χ0n) is 11.9.